The van der Waals surface area contributed by atoms with E-state index >= 15 is 0 Å². The topological polar surface area (TPSA) is 98.8 Å². The second-order valence-corrected chi connectivity index (χ2v) is 5.71. The summed E-state index contributed by atoms with van der Waals surface area (Å²) in [6.45, 7) is 2.08. The molecule has 0 saturated heterocycles. The van der Waals surface area contributed by atoms with Crippen molar-refractivity contribution in [2.75, 3.05) is 18.5 Å². The molecule has 7 heteroatoms. The van der Waals surface area contributed by atoms with Gasteiger partial charge in [0.25, 0.3) is 0 Å². The van der Waals surface area contributed by atoms with Crippen molar-refractivity contribution in [1.82, 2.24) is 0 Å². The summed E-state index contributed by atoms with van der Waals surface area (Å²) in [5.74, 6) is -0.919. The van der Waals surface area contributed by atoms with Crippen LogP contribution in [0, 0.1) is 0 Å². The van der Waals surface area contributed by atoms with Crippen molar-refractivity contribution < 1.29 is 28.7 Å². The first-order valence-electron chi connectivity index (χ1n) is 8.15. The van der Waals surface area contributed by atoms with Crippen molar-refractivity contribution in [2.24, 2.45) is 0 Å². The lowest BCUT2D eigenvalue weighted by Gasteiger charge is -2.08. The Labute approximate surface area is 156 Å². The lowest BCUT2D eigenvalue weighted by molar-refractivity contribution is -0.144. The molecule has 27 heavy (non-hydrogen) atoms. The van der Waals surface area contributed by atoms with E-state index in [1.807, 2.05) is 0 Å². The Bertz CT molecular complexity index is 840. The SMILES string of the molecule is CC(=O)Nc1ccc(C(=O)COC(=O)COc2ccc(C(C)=O)cc2)cc1. The number of amides is 1. The van der Waals surface area contributed by atoms with Crippen LogP contribution in [0.3, 0.4) is 0 Å². The minimum atomic E-state index is -0.686. The monoisotopic (exact) mass is 369 g/mol. The fourth-order valence-electron chi connectivity index (χ4n) is 2.14. The molecule has 1 amide bonds. The molecular weight excluding hydrogens is 350 g/mol. The highest BCUT2D eigenvalue weighted by atomic mass is 16.6. The van der Waals surface area contributed by atoms with Crippen LogP contribution in [0.5, 0.6) is 5.75 Å². The molecule has 2 aromatic carbocycles. The Morgan fingerprint density at radius 2 is 1.41 bits per heavy atom. The summed E-state index contributed by atoms with van der Waals surface area (Å²) in [5, 5.41) is 2.59. The summed E-state index contributed by atoms with van der Waals surface area (Å²) in [4.78, 5) is 45.9. The number of anilines is 1. The van der Waals surface area contributed by atoms with Gasteiger partial charge in [0.15, 0.2) is 24.8 Å². The lowest BCUT2D eigenvalue weighted by Crippen LogP contribution is -2.19. The third-order valence-electron chi connectivity index (χ3n) is 3.51. The molecular formula is C20H19NO6. The first-order chi connectivity index (χ1) is 12.8. The fourth-order valence-corrected chi connectivity index (χ4v) is 2.14. The van der Waals surface area contributed by atoms with Crippen molar-refractivity contribution in [3.8, 4) is 5.75 Å². The van der Waals surface area contributed by atoms with Crippen LogP contribution in [0.25, 0.3) is 0 Å². The molecule has 1 N–H and O–H groups in total. The Kier molecular flexibility index (Phi) is 6.82. The molecule has 0 aromatic heterocycles. The van der Waals surface area contributed by atoms with Gasteiger partial charge in [0, 0.05) is 23.7 Å². The molecule has 0 saturated carbocycles. The highest BCUT2D eigenvalue weighted by Crippen LogP contribution is 2.13. The Morgan fingerprint density at radius 3 is 1.96 bits per heavy atom. The normalized spacial score (nSPS) is 10.0. The molecule has 0 spiro atoms. The van der Waals surface area contributed by atoms with Crippen molar-refractivity contribution >= 4 is 29.1 Å². The molecule has 140 valence electrons. The number of rotatable bonds is 8. The van der Waals surface area contributed by atoms with Crippen LogP contribution in [0.4, 0.5) is 5.69 Å². The van der Waals surface area contributed by atoms with Crippen molar-refractivity contribution in [3.05, 3.63) is 59.7 Å². The van der Waals surface area contributed by atoms with Gasteiger partial charge in [-0.05, 0) is 55.5 Å². The van der Waals surface area contributed by atoms with Gasteiger partial charge in [0.05, 0.1) is 0 Å². The van der Waals surface area contributed by atoms with Gasteiger partial charge in [0.2, 0.25) is 5.91 Å². The smallest absolute Gasteiger partial charge is 0.344 e. The molecule has 0 aliphatic heterocycles. The Morgan fingerprint density at radius 1 is 0.815 bits per heavy atom. The van der Waals surface area contributed by atoms with E-state index in [2.05, 4.69) is 5.32 Å². The average molecular weight is 369 g/mol. The van der Waals surface area contributed by atoms with Gasteiger partial charge in [-0.15, -0.1) is 0 Å². The molecule has 0 unspecified atom stereocenters. The van der Waals surface area contributed by atoms with Gasteiger partial charge >= 0.3 is 5.97 Å². The number of hydrogen-bond acceptors (Lipinski definition) is 6. The van der Waals surface area contributed by atoms with Gasteiger partial charge < -0.3 is 14.8 Å². The van der Waals surface area contributed by atoms with E-state index < -0.39 is 12.6 Å². The molecule has 0 aliphatic rings. The number of benzene rings is 2. The predicted octanol–water partition coefficient (Wildman–Crippen LogP) is 2.65. The summed E-state index contributed by atoms with van der Waals surface area (Å²) in [6, 6.07) is 12.6. The largest absolute Gasteiger partial charge is 0.482 e. The number of Topliss-reactive ketones (excluding diaryl/α,β-unsaturated/α-hetero) is 2. The molecule has 0 radical (unpaired) electrons. The van der Waals surface area contributed by atoms with E-state index in [-0.39, 0.29) is 24.1 Å². The molecule has 0 bridgehead atoms. The van der Waals surface area contributed by atoms with Gasteiger partial charge in [-0.3, -0.25) is 14.4 Å². The number of ether oxygens (including phenoxy) is 2. The molecule has 2 rings (SSSR count). The van der Waals surface area contributed by atoms with E-state index in [1.54, 1.807) is 36.4 Å². The van der Waals surface area contributed by atoms with Crippen LogP contribution >= 0.6 is 0 Å². The standard InChI is InChI=1S/C20H19NO6/c1-13(22)15-5-9-18(10-6-15)26-12-20(25)27-11-19(24)16-3-7-17(8-4-16)21-14(2)23/h3-10H,11-12H2,1-2H3,(H,21,23). The third kappa shape index (κ3) is 6.39. The van der Waals surface area contributed by atoms with Crippen LogP contribution in [0.1, 0.15) is 34.6 Å². The lowest BCUT2D eigenvalue weighted by atomic mass is 10.1. The minimum Gasteiger partial charge on any atom is -0.482 e. The van der Waals surface area contributed by atoms with Gasteiger partial charge in [-0.1, -0.05) is 0 Å². The maximum Gasteiger partial charge on any atom is 0.344 e. The second kappa shape index (κ2) is 9.28. The van der Waals surface area contributed by atoms with Crippen LogP contribution in [-0.4, -0.2) is 36.7 Å². The van der Waals surface area contributed by atoms with Gasteiger partial charge in [0.1, 0.15) is 5.75 Å². The third-order valence-corrected chi connectivity index (χ3v) is 3.51. The maximum absolute atomic E-state index is 12.0. The van der Waals surface area contributed by atoms with Crippen LogP contribution in [0.2, 0.25) is 0 Å². The van der Waals surface area contributed by atoms with Gasteiger partial charge in [-0.25, -0.2) is 4.79 Å². The zero-order valence-corrected chi connectivity index (χ0v) is 15.0. The molecule has 0 aliphatic carbocycles. The first kappa shape index (κ1) is 19.8. The number of hydrogen-bond donors (Lipinski definition) is 1. The van der Waals surface area contributed by atoms with Crippen LogP contribution in [0.15, 0.2) is 48.5 Å². The number of ketones is 2. The highest BCUT2D eigenvalue weighted by Gasteiger charge is 2.11. The number of carbonyl (C=O) groups excluding carboxylic acids is 4. The first-order valence-corrected chi connectivity index (χ1v) is 8.15. The van der Waals surface area contributed by atoms with Crippen molar-refractivity contribution in [2.45, 2.75) is 13.8 Å². The second-order valence-electron chi connectivity index (χ2n) is 5.71. The van der Waals surface area contributed by atoms with Crippen molar-refractivity contribution in [3.63, 3.8) is 0 Å². The fraction of sp³-hybridized carbons (Fsp3) is 0.200. The Balaban J connectivity index is 1.78. The van der Waals surface area contributed by atoms with Crippen molar-refractivity contribution in [1.29, 1.82) is 0 Å². The van der Waals surface area contributed by atoms with E-state index in [9.17, 15) is 19.2 Å². The number of carbonyl (C=O) groups is 4. The molecule has 0 atom stereocenters. The summed E-state index contributed by atoms with van der Waals surface area (Å²) in [5.41, 5.74) is 1.47. The average Bonchev–Trinajstić information content (AvgIpc) is 2.65. The molecule has 0 fully saturated rings. The number of esters is 1. The van der Waals surface area contributed by atoms with Gasteiger partial charge in [-0.2, -0.15) is 0 Å². The summed E-state index contributed by atoms with van der Waals surface area (Å²) < 4.78 is 10.2. The maximum atomic E-state index is 12.0. The summed E-state index contributed by atoms with van der Waals surface area (Å²) in [6.07, 6.45) is 0. The summed E-state index contributed by atoms with van der Waals surface area (Å²) >= 11 is 0. The van der Waals surface area contributed by atoms with E-state index in [0.717, 1.165) is 0 Å². The molecule has 0 heterocycles. The Hall–Kier alpha value is -3.48. The van der Waals surface area contributed by atoms with Crippen LogP contribution < -0.4 is 10.1 Å². The predicted molar refractivity (Wildman–Crippen MR) is 98.0 cm³/mol. The van der Waals surface area contributed by atoms with E-state index in [1.165, 1.54) is 26.0 Å². The quantitative estimate of drug-likeness (QED) is 0.567. The van der Waals surface area contributed by atoms with Crippen LogP contribution in [-0.2, 0) is 14.3 Å². The van der Waals surface area contributed by atoms with E-state index in [4.69, 9.17) is 9.47 Å². The molecule has 7 nitrogen and oxygen atoms in total. The van der Waals surface area contributed by atoms with E-state index in [0.29, 0.717) is 22.6 Å². The zero-order chi connectivity index (χ0) is 19.8. The highest BCUT2D eigenvalue weighted by molar-refractivity contribution is 5.98. The number of nitrogens with one attached hydrogen (secondary N) is 1. The minimum absolute atomic E-state index is 0.0652. The summed E-state index contributed by atoms with van der Waals surface area (Å²) in [7, 11) is 0. The zero-order valence-electron chi connectivity index (χ0n) is 15.0. The molecule has 2 aromatic rings.